The van der Waals surface area contributed by atoms with E-state index in [-0.39, 0.29) is 5.91 Å². The lowest BCUT2D eigenvalue weighted by atomic mass is 10.2. The number of carbonyl (C=O) groups is 1. The molecule has 6 heteroatoms. The van der Waals surface area contributed by atoms with Gasteiger partial charge in [0.05, 0.1) is 22.9 Å². The molecular weight excluding hydrogens is 322 g/mol. The first kappa shape index (κ1) is 16.3. The zero-order valence-corrected chi connectivity index (χ0v) is 14.4. The van der Waals surface area contributed by atoms with Crippen LogP contribution in [0.3, 0.4) is 0 Å². The Labute approximate surface area is 144 Å². The molecule has 5 nitrogen and oxygen atoms in total. The van der Waals surface area contributed by atoms with Gasteiger partial charge in [-0.05, 0) is 35.6 Å². The number of aromatic nitrogens is 2. The Balaban J connectivity index is 1.73. The average Bonchev–Trinajstić information content (AvgIpc) is 3.25. The van der Waals surface area contributed by atoms with Crippen molar-refractivity contribution < 1.29 is 9.53 Å². The topological polar surface area (TPSA) is 67.0 Å². The molecule has 24 heavy (non-hydrogen) atoms. The highest BCUT2D eigenvalue weighted by molar-refractivity contribution is 7.13. The predicted molar refractivity (Wildman–Crippen MR) is 96.6 cm³/mol. The summed E-state index contributed by atoms with van der Waals surface area (Å²) in [6.45, 7) is 4.76. The highest BCUT2D eigenvalue weighted by Gasteiger charge is 2.14. The molecule has 0 bridgehead atoms. The van der Waals surface area contributed by atoms with Crippen LogP contribution in [-0.4, -0.2) is 22.7 Å². The minimum Gasteiger partial charge on any atom is -0.491 e. The molecular formula is C18H19N3O2S. The van der Waals surface area contributed by atoms with E-state index in [1.807, 2.05) is 41.8 Å². The number of hydrogen-bond acceptors (Lipinski definition) is 4. The van der Waals surface area contributed by atoms with Crippen LogP contribution in [-0.2, 0) is 0 Å². The highest BCUT2D eigenvalue weighted by atomic mass is 32.1. The largest absolute Gasteiger partial charge is 0.491 e. The normalized spacial score (nSPS) is 10.8. The lowest BCUT2D eigenvalue weighted by molar-refractivity contribution is 0.102. The van der Waals surface area contributed by atoms with Crippen molar-refractivity contribution in [3.8, 4) is 16.3 Å². The van der Waals surface area contributed by atoms with Crippen LogP contribution in [0.15, 0.2) is 47.8 Å². The second kappa shape index (κ2) is 7.31. The van der Waals surface area contributed by atoms with E-state index < -0.39 is 0 Å². The molecule has 2 heterocycles. The standard InChI is InChI=1S/C18H19N3O2S/c1-12(2)11-23-16-7-4-3-6-13(16)19-18(22)15-10-14(20-21-15)17-8-5-9-24-17/h3-10,12H,11H2,1-2H3,(H,19,22)(H,20,21). The monoisotopic (exact) mass is 341 g/mol. The van der Waals surface area contributed by atoms with Gasteiger partial charge in [0.2, 0.25) is 0 Å². The fraction of sp³-hybridized carbons (Fsp3) is 0.222. The van der Waals surface area contributed by atoms with Gasteiger partial charge in [-0.1, -0.05) is 32.0 Å². The van der Waals surface area contributed by atoms with Crippen molar-refractivity contribution in [2.45, 2.75) is 13.8 Å². The van der Waals surface area contributed by atoms with Gasteiger partial charge in [-0.3, -0.25) is 9.89 Å². The van der Waals surface area contributed by atoms with E-state index in [0.29, 0.717) is 29.7 Å². The minimum absolute atomic E-state index is 0.269. The summed E-state index contributed by atoms with van der Waals surface area (Å²) < 4.78 is 5.76. The van der Waals surface area contributed by atoms with Gasteiger partial charge in [0, 0.05) is 0 Å². The van der Waals surface area contributed by atoms with Gasteiger partial charge in [0.15, 0.2) is 5.69 Å². The zero-order valence-electron chi connectivity index (χ0n) is 13.6. The molecule has 0 fully saturated rings. The Morgan fingerprint density at radius 3 is 2.88 bits per heavy atom. The summed E-state index contributed by atoms with van der Waals surface area (Å²) in [5.41, 5.74) is 1.82. The number of nitrogens with one attached hydrogen (secondary N) is 2. The van der Waals surface area contributed by atoms with Gasteiger partial charge >= 0.3 is 0 Å². The average molecular weight is 341 g/mol. The number of para-hydroxylation sites is 2. The Morgan fingerprint density at radius 1 is 1.29 bits per heavy atom. The number of amides is 1. The Bertz CT molecular complexity index is 809. The van der Waals surface area contributed by atoms with Crippen LogP contribution in [0.4, 0.5) is 5.69 Å². The molecule has 124 valence electrons. The van der Waals surface area contributed by atoms with Crippen LogP contribution in [0, 0.1) is 5.92 Å². The fourth-order valence-corrected chi connectivity index (χ4v) is 2.83. The number of thiophene rings is 1. The van der Waals surface area contributed by atoms with Crippen molar-refractivity contribution in [1.82, 2.24) is 10.2 Å². The number of rotatable bonds is 6. The summed E-state index contributed by atoms with van der Waals surface area (Å²) in [6.07, 6.45) is 0. The second-order valence-electron chi connectivity index (χ2n) is 5.80. The van der Waals surface area contributed by atoms with Crippen LogP contribution in [0.5, 0.6) is 5.75 Å². The number of anilines is 1. The van der Waals surface area contributed by atoms with Crippen molar-refractivity contribution in [3.05, 3.63) is 53.5 Å². The molecule has 0 atom stereocenters. The first-order valence-electron chi connectivity index (χ1n) is 7.76. The van der Waals surface area contributed by atoms with Gasteiger partial charge in [-0.15, -0.1) is 11.3 Å². The van der Waals surface area contributed by atoms with E-state index in [2.05, 4.69) is 29.4 Å². The second-order valence-corrected chi connectivity index (χ2v) is 6.75. The molecule has 0 aliphatic rings. The third-order valence-electron chi connectivity index (χ3n) is 3.30. The van der Waals surface area contributed by atoms with Gasteiger partial charge in [-0.25, -0.2) is 0 Å². The number of aromatic amines is 1. The number of hydrogen-bond donors (Lipinski definition) is 2. The van der Waals surface area contributed by atoms with Crippen LogP contribution in [0.25, 0.3) is 10.6 Å². The van der Waals surface area contributed by atoms with Crippen molar-refractivity contribution in [3.63, 3.8) is 0 Å². The third kappa shape index (κ3) is 3.83. The first-order chi connectivity index (χ1) is 11.6. The number of carbonyl (C=O) groups excluding carboxylic acids is 1. The van der Waals surface area contributed by atoms with E-state index in [4.69, 9.17) is 4.74 Å². The molecule has 2 N–H and O–H groups in total. The quantitative estimate of drug-likeness (QED) is 0.697. The molecule has 3 rings (SSSR count). The van der Waals surface area contributed by atoms with Crippen LogP contribution in [0.1, 0.15) is 24.3 Å². The summed E-state index contributed by atoms with van der Waals surface area (Å²) in [6, 6.07) is 13.1. The SMILES string of the molecule is CC(C)COc1ccccc1NC(=O)c1cc(-c2cccs2)[nH]n1. The molecule has 0 aliphatic carbocycles. The van der Waals surface area contributed by atoms with Gasteiger partial charge in [-0.2, -0.15) is 5.10 Å². The maximum atomic E-state index is 12.4. The van der Waals surface area contributed by atoms with Gasteiger partial charge in [0.25, 0.3) is 5.91 Å². The van der Waals surface area contributed by atoms with Gasteiger partial charge in [0.1, 0.15) is 5.75 Å². The third-order valence-corrected chi connectivity index (χ3v) is 4.21. The summed E-state index contributed by atoms with van der Waals surface area (Å²) in [7, 11) is 0. The zero-order chi connectivity index (χ0) is 16.9. The molecule has 1 aromatic carbocycles. The van der Waals surface area contributed by atoms with Crippen molar-refractivity contribution >= 4 is 22.9 Å². The molecule has 0 unspecified atom stereocenters. The lowest BCUT2D eigenvalue weighted by Crippen LogP contribution is -2.14. The summed E-state index contributed by atoms with van der Waals surface area (Å²) in [4.78, 5) is 13.5. The summed E-state index contributed by atoms with van der Waals surface area (Å²) in [5.74, 6) is 0.802. The molecule has 0 saturated heterocycles. The van der Waals surface area contributed by atoms with Crippen molar-refractivity contribution in [2.75, 3.05) is 11.9 Å². The fourth-order valence-electron chi connectivity index (χ4n) is 2.13. The summed E-state index contributed by atoms with van der Waals surface area (Å²) in [5, 5.41) is 11.8. The van der Waals surface area contributed by atoms with E-state index in [9.17, 15) is 4.79 Å². The number of ether oxygens (including phenoxy) is 1. The van der Waals surface area contributed by atoms with Gasteiger partial charge < -0.3 is 10.1 Å². The number of H-pyrrole nitrogens is 1. The molecule has 2 aromatic heterocycles. The summed E-state index contributed by atoms with van der Waals surface area (Å²) >= 11 is 1.59. The highest BCUT2D eigenvalue weighted by Crippen LogP contribution is 2.26. The van der Waals surface area contributed by atoms with Crippen LogP contribution < -0.4 is 10.1 Å². The lowest BCUT2D eigenvalue weighted by Gasteiger charge is -2.13. The Hall–Kier alpha value is -2.60. The minimum atomic E-state index is -0.269. The molecule has 0 radical (unpaired) electrons. The van der Waals surface area contributed by atoms with Crippen LogP contribution in [0.2, 0.25) is 0 Å². The Kier molecular flexibility index (Phi) is 4.96. The van der Waals surface area contributed by atoms with E-state index in [0.717, 1.165) is 10.6 Å². The molecule has 0 saturated carbocycles. The smallest absolute Gasteiger partial charge is 0.276 e. The molecule has 3 aromatic rings. The predicted octanol–water partition coefficient (Wildman–Crippen LogP) is 4.43. The Morgan fingerprint density at radius 2 is 2.12 bits per heavy atom. The van der Waals surface area contributed by atoms with E-state index in [1.54, 1.807) is 17.4 Å². The molecule has 1 amide bonds. The first-order valence-corrected chi connectivity index (χ1v) is 8.64. The maximum Gasteiger partial charge on any atom is 0.276 e. The van der Waals surface area contributed by atoms with Crippen LogP contribution >= 0.6 is 11.3 Å². The molecule has 0 aliphatic heterocycles. The van der Waals surface area contributed by atoms with E-state index in [1.165, 1.54) is 0 Å². The maximum absolute atomic E-state index is 12.4. The van der Waals surface area contributed by atoms with Crippen molar-refractivity contribution in [1.29, 1.82) is 0 Å². The number of nitrogens with zero attached hydrogens (tertiary/aromatic N) is 1. The van der Waals surface area contributed by atoms with E-state index >= 15 is 0 Å². The molecule has 0 spiro atoms. The number of benzene rings is 1. The van der Waals surface area contributed by atoms with Crippen molar-refractivity contribution in [2.24, 2.45) is 5.92 Å².